The predicted molar refractivity (Wildman–Crippen MR) is 115 cm³/mol. The summed E-state index contributed by atoms with van der Waals surface area (Å²) in [7, 11) is 1.53. The van der Waals surface area contributed by atoms with E-state index in [-0.39, 0.29) is 0 Å². The van der Waals surface area contributed by atoms with Crippen molar-refractivity contribution in [1.29, 1.82) is 0 Å². The Morgan fingerprint density at radius 3 is 2.43 bits per heavy atom. The number of para-hydroxylation sites is 1. The summed E-state index contributed by atoms with van der Waals surface area (Å²) in [5, 5.41) is 4.61. The second-order valence-corrected chi connectivity index (χ2v) is 7.05. The third-order valence-corrected chi connectivity index (χ3v) is 4.90. The summed E-state index contributed by atoms with van der Waals surface area (Å²) >= 11 is 0. The summed E-state index contributed by atoms with van der Waals surface area (Å²) in [6.45, 7) is 3.45. The van der Waals surface area contributed by atoms with Gasteiger partial charge in [-0.25, -0.2) is 4.79 Å². The van der Waals surface area contributed by atoms with Crippen LogP contribution < -0.4 is 10.1 Å². The average Bonchev–Trinajstić information content (AvgIpc) is 3.10. The number of rotatable bonds is 5. The first-order valence-corrected chi connectivity index (χ1v) is 9.54. The number of benzene rings is 3. The second-order valence-electron chi connectivity index (χ2n) is 7.05. The maximum absolute atomic E-state index is 12.6. The van der Waals surface area contributed by atoms with Gasteiger partial charge in [-0.3, -0.25) is 4.79 Å². The molecule has 1 atom stereocenters. The lowest BCUT2D eigenvalue weighted by Crippen LogP contribution is -2.30. The van der Waals surface area contributed by atoms with Gasteiger partial charge in [-0.05, 0) is 38.1 Å². The van der Waals surface area contributed by atoms with Crippen LogP contribution in [0.5, 0.6) is 5.75 Å². The molecule has 6 nitrogen and oxygen atoms in total. The largest absolute Gasteiger partial charge is 0.495 e. The molecule has 0 aliphatic rings. The molecular weight excluding hydrogens is 382 g/mol. The molecule has 0 fully saturated rings. The molecule has 6 heteroatoms. The van der Waals surface area contributed by atoms with E-state index < -0.39 is 18.0 Å². The second kappa shape index (κ2) is 7.91. The van der Waals surface area contributed by atoms with Gasteiger partial charge in [-0.1, -0.05) is 35.9 Å². The van der Waals surface area contributed by atoms with Gasteiger partial charge in [-0.15, -0.1) is 0 Å². The highest BCUT2D eigenvalue weighted by atomic mass is 16.5. The minimum Gasteiger partial charge on any atom is -0.495 e. The van der Waals surface area contributed by atoms with E-state index in [0.29, 0.717) is 22.6 Å². The Morgan fingerprint density at radius 2 is 1.70 bits per heavy atom. The van der Waals surface area contributed by atoms with Crippen LogP contribution >= 0.6 is 0 Å². The Balaban J connectivity index is 1.55. The fourth-order valence-electron chi connectivity index (χ4n) is 3.22. The van der Waals surface area contributed by atoms with Crippen molar-refractivity contribution in [2.45, 2.75) is 20.0 Å². The molecule has 0 saturated carbocycles. The van der Waals surface area contributed by atoms with E-state index in [9.17, 15) is 9.59 Å². The molecule has 1 N–H and O–H groups in total. The van der Waals surface area contributed by atoms with Crippen LogP contribution in [0.1, 0.15) is 22.8 Å². The Labute approximate surface area is 173 Å². The number of amides is 1. The van der Waals surface area contributed by atoms with E-state index in [2.05, 4.69) is 5.32 Å². The number of ether oxygens (including phenoxy) is 2. The zero-order valence-corrected chi connectivity index (χ0v) is 16.9. The monoisotopic (exact) mass is 403 g/mol. The Bertz CT molecular complexity index is 1240. The molecule has 1 heterocycles. The molecule has 0 aliphatic heterocycles. The number of fused-ring (bicyclic) bond motifs is 3. The van der Waals surface area contributed by atoms with Crippen molar-refractivity contribution < 1.29 is 23.5 Å². The van der Waals surface area contributed by atoms with Gasteiger partial charge < -0.3 is 19.2 Å². The molecular formula is C24H21NO5. The number of hydrogen-bond acceptors (Lipinski definition) is 5. The van der Waals surface area contributed by atoms with Crippen LogP contribution in [-0.2, 0) is 9.53 Å². The Hall–Kier alpha value is -3.80. The van der Waals surface area contributed by atoms with Crippen molar-refractivity contribution in [2.75, 3.05) is 12.4 Å². The predicted octanol–water partition coefficient (Wildman–Crippen LogP) is 5.09. The van der Waals surface area contributed by atoms with Crippen LogP contribution in [0, 0.1) is 6.92 Å². The summed E-state index contributed by atoms with van der Waals surface area (Å²) < 4.78 is 16.6. The number of carbonyl (C=O) groups excluding carboxylic acids is 2. The first-order chi connectivity index (χ1) is 14.5. The van der Waals surface area contributed by atoms with Gasteiger partial charge in [0.15, 0.2) is 6.10 Å². The molecule has 1 unspecified atom stereocenters. The number of hydrogen-bond donors (Lipinski definition) is 1. The molecule has 4 aromatic rings. The maximum Gasteiger partial charge on any atom is 0.338 e. The summed E-state index contributed by atoms with van der Waals surface area (Å²) in [5.41, 5.74) is 3.23. The van der Waals surface area contributed by atoms with Crippen LogP contribution in [0.2, 0.25) is 0 Å². The number of aryl methyl sites for hydroxylation is 1. The first kappa shape index (κ1) is 19.5. The molecule has 0 aliphatic carbocycles. The minimum atomic E-state index is -0.991. The van der Waals surface area contributed by atoms with Gasteiger partial charge in [0.25, 0.3) is 5.91 Å². The SMILES string of the molecule is COc1cc2c(cc1NC(=O)C(C)OC(=O)c1ccc(C)cc1)oc1ccccc12. The van der Waals surface area contributed by atoms with Gasteiger partial charge >= 0.3 is 5.97 Å². The number of nitrogens with one attached hydrogen (secondary N) is 1. The van der Waals surface area contributed by atoms with Crippen molar-refractivity contribution >= 4 is 39.5 Å². The Kier molecular flexibility index (Phi) is 5.14. The normalized spacial score (nSPS) is 12.0. The van der Waals surface area contributed by atoms with E-state index in [1.807, 2.05) is 49.4 Å². The molecule has 30 heavy (non-hydrogen) atoms. The number of methoxy groups -OCH3 is 1. The van der Waals surface area contributed by atoms with Gasteiger partial charge in [-0.2, -0.15) is 0 Å². The smallest absolute Gasteiger partial charge is 0.338 e. The average molecular weight is 403 g/mol. The number of esters is 1. The highest BCUT2D eigenvalue weighted by molar-refractivity contribution is 6.08. The summed E-state index contributed by atoms with van der Waals surface area (Å²) in [6.07, 6.45) is -0.991. The zero-order chi connectivity index (χ0) is 21.3. The topological polar surface area (TPSA) is 77.8 Å². The minimum absolute atomic E-state index is 0.390. The molecule has 0 saturated heterocycles. The van der Waals surface area contributed by atoms with Gasteiger partial charge in [0.1, 0.15) is 16.9 Å². The number of anilines is 1. The fraction of sp³-hybridized carbons (Fsp3) is 0.167. The van der Waals surface area contributed by atoms with Crippen LogP contribution in [0.4, 0.5) is 5.69 Å². The quantitative estimate of drug-likeness (QED) is 0.470. The van der Waals surface area contributed by atoms with Crippen molar-refractivity contribution in [3.63, 3.8) is 0 Å². The van der Waals surface area contributed by atoms with E-state index >= 15 is 0 Å². The lowest BCUT2D eigenvalue weighted by Gasteiger charge is -2.15. The van der Waals surface area contributed by atoms with Crippen molar-refractivity contribution in [2.24, 2.45) is 0 Å². The van der Waals surface area contributed by atoms with Gasteiger partial charge in [0.2, 0.25) is 0 Å². The van der Waals surface area contributed by atoms with E-state index in [1.165, 1.54) is 14.0 Å². The first-order valence-electron chi connectivity index (χ1n) is 9.54. The number of furan rings is 1. The molecule has 3 aromatic carbocycles. The summed E-state index contributed by atoms with van der Waals surface area (Å²) in [4.78, 5) is 24.9. The highest BCUT2D eigenvalue weighted by Crippen LogP contribution is 2.36. The summed E-state index contributed by atoms with van der Waals surface area (Å²) in [5.74, 6) is -0.541. The Morgan fingerprint density at radius 1 is 0.967 bits per heavy atom. The van der Waals surface area contributed by atoms with Gasteiger partial charge in [0, 0.05) is 16.8 Å². The van der Waals surface area contributed by atoms with E-state index in [1.54, 1.807) is 18.2 Å². The van der Waals surface area contributed by atoms with E-state index in [0.717, 1.165) is 21.9 Å². The lowest BCUT2D eigenvalue weighted by molar-refractivity contribution is -0.123. The highest BCUT2D eigenvalue weighted by Gasteiger charge is 2.21. The van der Waals surface area contributed by atoms with Crippen molar-refractivity contribution in [3.05, 3.63) is 71.8 Å². The molecule has 1 aromatic heterocycles. The lowest BCUT2D eigenvalue weighted by atomic mass is 10.1. The van der Waals surface area contributed by atoms with Crippen molar-refractivity contribution in [1.82, 2.24) is 0 Å². The molecule has 0 spiro atoms. The standard InChI is InChI=1S/C24H21NO5/c1-14-8-10-16(11-9-14)24(27)29-15(2)23(26)25-19-13-21-18(12-22(19)28-3)17-6-4-5-7-20(17)30-21/h4-13,15H,1-3H3,(H,25,26). The van der Waals surface area contributed by atoms with Crippen LogP contribution in [0.3, 0.4) is 0 Å². The number of carbonyl (C=O) groups is 2. The zero-order valence-electron chi connectivity index (χ0n) is 16.9. The third-order valence-electron chi connectivity index (χ3n) is 4.90. The molecule has 4 rings (SSSR count). The van der Waals surface area contributed by atoms with Crippen LogP contribution in [0.15, 0.2) is 65.1 Å². The molecule has 1 amide bonds. The molecule has 152 valence electrons. The molecule has 0 bridgehead atoms. The summed E-state index contributed by atoms with van der Waals surface area (Å²) in [6, 6.07) is 18.2. The maximum atomic E-state index is 12.6. The van der Waals surface area contributed by atoms with Crippen LogP contribution in [0.25, 0.3) is 21.9 Å². The van der Waals surface area contributed by atoms with Crippen molar-refractivity contribution in [3.8, 4) is 5.75 Å². The van der Waals surface area contributed by atoms with Gasteiger partial charge in [0.05, 0.1) is 18.4 Å². The fourth-order valence-corrected chi connectivity index (χ4v) is 3.22. The third kappa shape index (κ3) is 3.72. The van der Waals surface area contributed by atoms with Crippen LogP contribution in [-0.4, -0.2) is 25.1 Å². The molecule has 0 radical (unpaired) electrons. The van der Waals surface area contributed by atoms with E-state index in [4.69, 9.17) is 13.9 Å².